The predicted molar refractivity (Wildman–Crippen MR) is 177 cm³/mol. The number of benzene rings is 3. The van der Waals surface area contributed by atoms with Gasteiger partial charge >= 0.3 is 0 Å². The zero-order valence-electron chi connectivity index (χ0n) is 24.0. The number of allylic oxidation sites excluding steroid dienone is 11. The molecule has 0 spiro atoms. The third-order valence-electron chi connectivity index (χ3n) is 7.41. The second-order valence-corrected chi connectivity index (χ2v) is 10.8. The van der Waals surface area contributed by atoms with Crippen LogP contribution in [-0.4, -0.2) is 5.71 Å². The van der Waals surface area contributed by atoms with Crippen molar-refractivity contribution in [2.75, 3.05) is 0 Å². The van der Waals surface area contributed by atoms with Gasteiger partial charge < -0.3 is 16.9 Å². The lowest BCUT2D eigenvalue weighted by Gasteiger charge is -2.22. The van der Waals surface area contributed by atoms with Crippen molar-refractivity contribution < 1.29 is 0 Å². The van der Waals surface area contributed by atoms with Crippen molar-refractivity contribution in [3.63, 3.8) is 0 Å². The van der Waals surface area contributed by atoms with Gasteiger partial charge in [0, 0.05) is 23.1 Å². The van der Waals surface area contributed by atoms with E-state index in [-0.39, 0.29) is 11.2 Å². The van der Waals surface area contributed by atoms with Crippen molar-refractivity contribution in [3.05, 3.63) is 168 Å². The van der Waals surface area contributed by atoms with Crippen LogP contribution in [0.4, 0.5) is 0 Å². The molecule has 0 bridgehead atoms. The summed E-state index contributed by atoms with van der Waals surface area (Å²) in [6, 6.07) is 24.3. The summed E-state index contributed by atoms with van der Waals surface area (Å²) in [7, 11) is 0. The minimum atomic E-state index is -0.0126. The van der Waals surface area contributed by atoms with Gasteiger partial charge in [-0.25, -0.2) is 0 Å². The van der Waals surface area contributed by atoms with E-state index in [1.54, 1.807) is 18.2 Å². The summed E-state index contributed by atoms with van der Waals surface area (Å²) in [5.41, 5.74) is 22.8. The fraction of sp³-hybridized carbons (Fsp3) is 0.132. The number of nitrogens with two attached hydrogens (primary N) is 2. The molecule has 41 heavy (non-hydrogen) atoms. The molecule has 5 N–H and O–H groups in total. The quantitative estimate of drug-likeness (QED) is 0.169. The van der Waals surface area contributed by atoms with E-state index in [4.69, 9.17) is 16.9 Å². The molecule has 0 amide bonds. The Morgan fingerprint density at radius 2 is 1.56 bits per heavy atom. The highest BCUT2D eigenvalue weighted by Gasteiger charge is 2.35. The van der Waals surface area contributed by atoms with Gasteiger partial charge in [-0.3, -0.25) is 0 Å². The smallest absolute Gasteiger partial charge is 0.101 e. The molecule has 0 unspecified atom stereocenters. The van der Waals surface area contributed by atoms with Crippen LogP contribution in [0.15, 0.2) is 152 Å². The first kappa shape index (κ1) is 29.1. The van der Waals surface area contributed by atoms with E-state index in [0.29, 0.717) is 17.7 Å². The maximum atomic E-state index is 7.89. The highest BCUT2D eigenvalue weighted by Crippen LogP contribution is 2.49. The van der Waals surface area contributed by atoms with Crippen molar-refractivity contribution >= 4 is 5.71 Å². The highest BCUT2D eigenvalue weighted by molar-refractivity contribution is 5.93. The van der Waals surface area contributed by atoms with Crippen LogP contribution in [0.1, 0.15) is 37.0 Å². The highest BCUT2D eigenvalue weighted by atomic mass is 14.8. The third-order valence-corrected chi connectivity index (χ3v) is 7.41. The van der Waals surface area contributed by atoms with Gasteiger partial charge in [-0.05, 0) is 63.1 Å². The van der Waals surface area contributed by atoms with E-state index in [1.165, 1.54) is 38.9 Å². The molecule has 1 aliphatic carbocycles. The standard InChI is InChI=1S/C38H39N3/c1-5-6-17-32(39)18-11-15-29(37(40)41)22-21-27(2)12-9-13-28-14-10-16-30(25-28)31-23-24-34-33-19-7-8-20-35(33)38(3,4)36(34)26-31/h5-12,14-17,19-26,39H,1-2,13,18,40-41H2,3-4H3/b12-9-,15-11-,17-6-,22-21-,39-32?. The van der Waals surface area contributed by atoms with E-state index in [1.807, 2.05) is 30.4 Å². The number of rotatable bonds is 11. The van der Waals surface area contributed by atoms with Gasteiger partial charge in [-0.1, -0.05) is 136 Å². The Balaban J connectivity index is 1.41. The minimum absolute atomic E-state index is 0.0126. The number of hydrogen-bond donors (Lipinski definition) is 3. The Hall–Kier alpha value is -4.89. The maximum absolute atomic E-state index is 7.89. The number of hydrogen-bond acceptors (Lipinski definition) is 3. The molecule has 0 saturated carbocycles. The monoisotopic (exact) mass is 537 g/mol. The molecule has 0 heterocycles. The van der Waals surface area contributed by atoms with Crippen LogP contribution in [0.5, 0.6) is 0 Å². The van der Waals surface area contributed by atoms with Crippen LogP contribution in [0.3, 0.4) is 0 Å². The topological polar surface area (TPSA) is 75.9 Å². The van der Waals surface area contributed by atoms with Gasteiger partial charge in [0.2, 0.25) is 0 Å². The van der Waals surface area contributed by atoms with E-state index in [0.717, 1.165) is 12.0 Å². The lowest BCUT2D eigenvalue weighted by Crippen LogP contribution is -2.14. The van der Waals surface area contributed by atoms with Gasteiger partial charge in [-0.15, -0.1) is 0 Å². The van der Waals surface area contributed by atoms with Crippen LogP contribution in [0, 0.1) is 5.41 Å². The van der Waals surface area contributed by atoms with E-state index in [9.17, 15) is 0 Å². The summed E-state index contributed by atoms with van der Waals surface area (Å²) in [5, 5.41) is 7.89. The molecule has 3 aromatic rings. The molecule has 0 saturated heterocycles. The molecule has 3 nitrogen and oxygen atoms in total. The Morgan fingerprint density at radius 1 is 0.805 bits per heavy atom. The van der Waals surface area contributed by atoms with Crippen LogP contribution in [0.25, 0.3) is 22.3 Å². The zero-order chi connectivity index (χ0) is 29.4. The Labute approximate surface area is 244 Å². The van der Waals surface area contributed by atoms with Gasteiger partial charge in [0.1, 0.15) is 5.82 Å². The van der Waals surface area contributed by atoms with Gasteiger partial charge in [0.25, 0.3) is 0 Å². The SMILES string of the molecule is C=C/C=C\C(=N)C/C=C\C(/C=C\C(=C)/C=C\Cc1cccc(-c2ccc3c(c2)C(C)(C)c2ccccc2-3)c1)=C(N)N. The van der Waals surface area contributed by atoms with Crippen molar-refractivity contribution in [2.45, 2.75) is 32.1 Å². The summed E-state index contributed by atoms with van der Waals surface area (Å²) >= 11 is 0. The summed E-state index contributed by atoms with van der Waals surface area (Å²) < 4.78 is 0. The molecule has 3 heteroatoms. The first-order valence-electron chi connectivity index (χ1n) is 13.9. The average Bonchev–Trinajstić information content (AvgIpc) is 3.19. The second kappa shape index (κ2) is 13.0. The lowest BCUT2D eigenvalue weighted by atomic mass is 9.81. The molecule has 3 aromatic carbocycles. The van der Waals surface area contributed by atoms with Gasteiger partial charge in [0.05, 0.1) is 0 Å². The fourth-order valence-corrected chi connectivity index (χ4v) is 5.17. The molecule has 0 aromatic heterocycles. The number of nitrogens with one attached hydrogen (secondary N) is 1. The van der Waals surface area contributed by atoms with Crippen LogP contribution < -0.4 is 11.5 Å². The molecular weight excluding hydrogens is 498 g/mol. The molecule has 0 fully saturated rings. The second-order valence-electron chi connectivity index (χ2n) is 10.8. The van der Waals surface area contributed by atoms with E-state index in [2.05, 4.69) is 99.8 Å². The molecule has 1 aliphatic rings. The summed E-state index contributed by atoms with van der Waals surface area (Å²) in [6.45, 7) is 12.4. The molecule has 0 radical (unpaired) electrons. The molecule has 0 atom stereocenters. The largest absolute Gasteiger partial charge is 0.385 e. The van der Waals surface area contributed by atoms with Crippen LogP contribution in [-0.2, 0) is 11.8 Å². The molecular formula is C38H39N3. The first-order valence-corrected chi connectivity index (χ1v) is 13.9. The Morgan fingerprint density at radius 3 is 2.34 bits per heavy atom. The normalized spacial score (nSPS) is 13.6. The first-order chi connectivity index (χ1) is 19.7. The van der Waals surface area contributed by atoms with Crippen molar-refractivity contribution in [3.8, 4) is 22.3 Å². The Kier molecular flexibility index (Phi) is 9.21. The fourth-order valence-electron chi connectivity index (χ4n) is 5.17. The van der Waals surface area contributed by atoms with Gasteiger partial charge in [0.15, 0.2) is 0 Å². The lowest BCUT2D eigenvalue weighted by molar-refractivity contribution is 0.660. The Bertz CT molecular complexity index is 1620. The van der Waals surface area contributed by atoms with E-state index >= 15 is 0 Å². The zero-order valence-corrected chi connectivity index (χ0v) is 24.0. The minimum Gasteiger partial charge on any atom is -0.385 e. The number of fused-ring (bicyclic) bond motifs is 3. The van der Waals surface area contributed by atoms with Crippen molar-refractivity contribution in [1.82, 2.24) is 0 Å². The summed E-state index contributed by atoms with van der Waals surface area (Å²) in [6.07, 6.45) is 17.9. The van der Waals surface area contributed by atoms with E-state index < -0.39 is 0 Å². The molecule has 0 aliphatic heterocycles. The summed E-state index contributed by atoms with van der Waals surface area (Å²) in [5.74, 6) is 0.220. The molecule has 4 rings (SSSR count). The van der Waals surface area contributed by atoms with Crippen molar-refractivity contribution in [1.29, 1.82) is 5.41 Å². The predicted octanol–water partition coefficient (Wildman–Crippen LogP) is 8.71. The van der Waals surface area contributed by atoms with Crippen LogP contribution >= 0.6 is 0 Å². The summed E-state index contributed by atoms with van der Waals surface area (Å²) in [4.78, 5) is 0. The third kappa shape index (κ3) is 7.01. The van der Waals surface area contributed by atoms with Crippen LogP contribution in [0.2, 0.25) is 0 Å². The van der Waals surface area contributed by atoms with Gasteiger partial charge in [-0.2, -0.15) is 0 Å². The maximum Gasteiger partial charge on any atom is 0.101 e. The molecule has 206 valence electrons. The average molecular weight is 538 g/mol. The van der Waals surface area contributed by atoms with Crippen molar-refractivity contribution in [2.24, 2.45) is 11.5 Å².